The van der Waals surface area contributed by atoms with Crippen molar-refractivity contribution in [1.82, 2.24) is 9.62 Å². The first kappa shape index (κ1) is 19.2. The zero-order chi connectivity index (χ0) is 18.4. The van der Waals surface area contributed by atoms with E-state index in [-0.39, 0.29) is 17.5 Å². The number of rotatable bonds is 5. The van der Waals surface area contributed by atoms with Gasteiger partial charge >= 0.3 is 12.1 Å². The van der Waals surface area contributed by atoms with E-state index in [4.69, 9.17) is 4.74 Å². The molecular formula is C16H22N2O6S. The second kappa shape index (κ2) is 8.30. The standard InChI is InChI=1S/C16H22N2O6S/c1-3-24-15(19)12-4-6-14(7-5-12)25(21,22)17-13-8-10-18(11-9-13)16(20)23-2/h4-7,13,17H,3,8-11H2,1-2H3. The molecule has 1 amide bonds. The van der Waals surface area contributed by atoms with Crippen LogP contribution in [0.15, 0.2) is 29.2 Å². The van der Waals surface area contributed by atoms with Crippen molar-refractivity contribution in [2.75, 3.05) is 26.8 Å². The maximum atomic E-state index is 12.4. The van der Waals surface area contributed by atoms with Crippen LogP contribution in [0, 0.1) is 0 Å². The summed E-state index contributed by atoms with van der Waals surface area (Å²) in [4.78, 5) is 24.7. The number of piperidine rings is 1. The Balaban J connectivity index is 1.98. The highest BCUT2D eigenvalue weighted by Crippen LogP contribution is 2.16. The number of carbonyl (C=O) groups is 2. The topological polar surface area (TPSA) is 102 Å². The van der Waals surface area contributed by atoms with E-state index in [2.05, 4.69) is 9.46 Å². The van der Waals surface area contributed by atoms with Crippen molar-refractivity contribution in [2.24, 2.45) is 0 Å². The van der Waals surface area contributed by atoms with E-state index >= 15 is 0 Å². The van der Waals surface area contributed by atoms with Crippen LogP contribution >= 0.6 is 0 Å². The Labute approximate surface area is 147 Å². The van der Waals surface area contributed by atoms with E-state index in [9.17, 15) is 18.0 Å². The molecule has 9 heteroatoms. The number of nitrogens with one attached hydrogen (secondary N) is 1. The largest absolute Gasteiger partial charge is 0.462 e. The van der Waals surface area contributed by atoms with E-state index in [0.717, 1.165) is 0 Å². The van der Waals surface area contributed by atoms with Crippen molar-refractivity contribution in [2.45, 2.75) is 30.7 Å². The molecule has 0 saturated carbocycles. The predicted molar refractivity (Wildman–Crippen MR) is 89.7 cm³/mol. The van der Waals surface area contributed by atoms with Crippen LogP contribution < -0.4 is 4.72 Å². The average molecular weight is 370 g/mol. The lowest BCUT2D eigenvalue weighted by Crippen LogP contribution is -2.46. The van der Waals surface area contributed by atoms with Crippen molar-refractivity contribution in [1.29, 1.82) is 0 Å². The van der Waals surface area contributed by atoms with Crippen LogP contribution in [0.4, 0.5) is 4.79 Å². The second-order valence-electron chi connectivity index (χ2n) is 5.60. The van der Waals surface area contributed by atoms with Crippen molar-refractivity contribution in [3.63, 3.8) is 0 Å². The second-order valence-corrected chi connectivity index (χ2v) is 7.31. The number of hydrogen-bond acceptors (Lipinski definition) is 6. The molecule has 138 valence electrons. The molecule has 0 atom stereocenters. The number of benzene rings is 1. The van der Waals surface area contributed by atoms with Gasteiger partial charge in [0.1, 0.15) is 0 Å². The lowest BCUT2D eigenvalue weighted by Gasteiger charge is -2.31. The van der Waals surface area contributed by atoms with Gasteiger partial charge in [0.25, 0.3) is 0 Å². The summed E-state index contributed by atoms with van der Waals surface area (Å²) in [6.45, 7) is 2.82. The highest BCUT2D eigenvalue weighted by atomic mass is 32.2. The number of amides is 1. The summed E-state index contributed by atoms with van der Waals surface area (Å²) in [6.07, 6.45) is 0.612. The van der Waals surface area contributed by atoms with E-state index in [1.165, 1.54) is 31.4 Å². The number of carbonyl (C=O) groups excluding carboxylic acids is 2. The molecule has 1 saturated heterocycles. The van der Waals surface area contributed by atoms with Gasteiger partial charge in [-0.25, -0.2) is 22.7 Å². The van der Waals surface area contributed by atoms with Crippen LogP contribution in [0.1, 0.15) is 30.1 Å². The summed E-state index contributed by atoms with van der Waals surface area (Å²) in [6, 6.07) is 5.34. The fraction of sp³-hybridized carbons (Fsp3) is 0.500. The SMILES string of the molecule is CCOC(=O)c1ccc(S(=O)(=O)NC2CCN(C(=O)OC)CC2)cc1. The number of likely N-dealkylation sites (tertiary alicyclic amines) is 1. The zero-order valence-electron chi connectivity index (χ0n) is 14.2. The van der Waals surface area contributed by atoms with Crippen molar-refractivity contribution in [3.05, 3.63) is 29.8 Å². The Kier molecular flexibility index (Phi) is 6.38. The number of hydrogen-bond donors (Lipinski definition) is 1. The van der Waals surface area contributed by atoms with Crippen LogP contribution in [-0.4, -0.2) is 58.2 Å². The van der Waals surface area contributed by atoms with Gasteiger partial charge in [-0.05, 0) is 44.0 Å². The molecule has 1 aromatic carbocycles. The van der Waals surface area contributed by atoms with Crippen LogP contribution in [0.5, 0.6) is 0 Å². The van der Waals surface area contributed by atoms with Gasteiger partial charge in [0.05, 0.1) is 24.2 Å². The van der Waals surface area contributed by atoms with Crippen molar-refractivity contribution >= 4 is 22.1 Å². The normalized spacial score (nSPS) is 15.7. The van der Waals surface area contributed by atoms with Gasteiger partial charge in [-0.1, -0.05) is 0 Å². The number of methoxy groups -OCH3 is 1. The van der Waals surface area contributed by atoms with Gasteiger partial charge in [-0.3, -0.25) is 0 Å². The molecule has 8 nitrogen and oxygen atoms in total. The third kappa shape index (κ3) is 4.93. The minimum absolute atomic E-state index is 0.0796. The Morgan fingerprint density at radius 3 is 2.32 bits per heavy atom. The van der Waals surface area contributed by atoms with Gasteiger partial charge in [0.2, 0.25) is 10.0 Å². The van der Waals surface area contributed by atoms with E-state index in [0.29, 0.717) is 31.5 Å². The first-order chi connectivity index (χ1) is 11.9. The fourth-order valence-electron chi connectivity index (χ4n) is 2.58. The summed E-state index contributed by atoms with van der Waals surface area (Å²) in [7, 11) is -2.38. The summed E-state index contributed by atoms with van der Waals surface area (Å²) in [5.41, 5.74) is 0.298. The fourth-order valence-corrected chi connectivity index (χ4v) is 3.89. The molecule has 0 aromatic heterocycles. The van der Waals surface area contributed by atoms with Gasteiger partial charge in [0, 0.05) is 19.1 Å². The first-order valence-corrected chi connectivity index (χ1v) is 9.48. The summed E-state index contributed by atoms with van der Waals surface area (Å²) in [5, 5.41) is 0. The van der Waals surface area contributed by atoms with Gasteiger partial charge < -0.3 is 14.4 Å². The average Bonchev–Trinajstić information content (AvgIpc) is 2.61. The van der Waals surface area contributed by atoms with Crippen LogP contribution in [0.25, 0.3) is 0 Å². The number of sulfonamides is 1. The van der Waals surface area contributed by atoms with E-state index in [1.54, 1.807) is 11.8 Å². The molecule has 25 heavy (non-hydrogen) atoms. The first-order valence-electron chi connectivity index (χ1n) is 7.99. The van der Waals surface area contributed by atoms with Gasteiger partial charge in [-0.15, -0.1) is 0 Å². The van der Waals surface area contributed by atoms with E-state index < -0.39 is 22.1 Å². The monoisotopic (exact) mass is 370 g/mol. The van der Waals surface area contributed by atoms with Crippen molar-refractivity contribution < 1.29 is 27.5 Å². The Morgan fingerprint density at radius 1 is 1.20 bits per heavy atom. The summed E-state index contributed by atoms with van der Waals surface area (Å²) in [5.74, 6) is -0.491. The van der Waals surface area contributed by atoms with Crippen LogP contribution in [-0.2, 0) is 19.5 Å². The number of nitrogens with zero attached hydrogens (tertiary/aromatic N) is 1. The molecule has 1 fully saturated rings. The van der Waals surface area contributed by atoms with Crippen molar-refractivity contribution in [3.8, 4) is 0 Å². The van der Waals surface area contributed by atoms with Crippen LogP contribution in [0.2, 0.25) is 0 Å². The third-order valence-electron chi connectivity index (χ3n) is 3.93. The Morgan fingerprint density at radius 2 is 1.80 bits per heavy atom. The number of ether oxygens (including phenoxy) is 2. The summed E-state index contributed by atoms with van der Waals surface area (Å²) >= 11 is 0. The Hall–Kier alpha value is -2.13. The van der Waals surface area contributed by atoms with Gasteiger partial charge in [-0.2, -0.15) is 0 Å². The molecule has 0 aliphatic carbocycles. The highest BCUT2D eigenvalue weighted by Gasteiger charge is 2.27. The lowest BCUT2D eigenvalue weighted by molar-refractivity contribution is 0.0526. The molecule has 1 aliphatic heterocycles. The molecular weight excluding hydrogens is 348 g/mol. The minimum Gasteiger partial charge on any atom is -0.462 e. The lowest BCUT2D eigenvalue weighted by atomic mass is 10.1. The molecule has 0 unspecified atom stereocenters. The predicted octanol–water partition coefficient (Wildman–Crippen LogP) is 1.37. The zero-order valence-corrected chi connectivity index (χ0v) is 15.0. The quantitative estimate of drug-likeness (QED) is 0.786. The molecule has 1 N–H and O–H groups in total. The summed E-state index contributed by atoms with van der Waals surface area (Å²) < 4.78 is 37.1. The van der Waals surface area contributed by atoms with Gasteiger partial charge in [0.15, 0.2) is 0 Å². The maximum Gasteiger partial charge on any atom is 0.409 e. The number of esters is 1. The van der Waals surface area contributed by atoms with Crippen LogP contribution in [0.3, 0.4) is 0 Å². The smallest absolute Gasteiger partial charge is 0.409 e. The highest BCUT2D eigenvalue weighted by molar-refractivity contribution is 7.89. The third-order valence-corrected chi connectivity index (χ3v) is 5.46. The molecule has 0 spiro atoms. The molecule has 1 heterocycles. The molecule has 0 bridgehead atoms. The maximum absolute atomic E-state index is 12.4. The van der Waals surface area contributed by atoms with E-state index in [1.807, 2.05) is 0 Å². The minimum atomic E-state index is -3.69. The molecule has 0 radical (unpaired) electrons. The molecule has 1 aliphatic rings. The molecule has 1 aromatic rings. The molecule has 2 rings (SSSR count). The Bertz CT molecular complexity index is 709.